The van der Waals surface area contributed by atoms with Gasteiger partial charge in [0, 0.05) is 22.7 Å². The third-order valence-corrected chi connectivity index (χ3v) is 6.42. The minimum absolute atomic E-state index is 0.0174. The van der Waals surface area contributed by atoms with Crippen LogP contribution < -0.4 is 10.1 Å². The third-order valence-electron chi connectivity index (χ3n) is 5.48. The van der Waals surface area contributed by atoms with E-state index in [0.29, 0.717) is 17.8 Å². The molecular weight excluding hydrogens is 408 g/mol. The molecule has 0 saturated heterocycles. The molecule has 0 radical (unpaired) electrons. The lowest BCUT2D eigenvalue weighted by Crippen LogP contribution is -2.47. The molecule has 5 nitrogen and oxygen atoms in total. The Morgan fingerprint density at radius 1 is 1.10 bits per heavy atom. The molecule has 0 saturated carbocycles. The van der Waals surface area contributed by atoms with Crippen molar-refractivity contribution in [3.8, 4) is 5.75 Å². The Balaban J connectivity index is 1.78. The molecule has 2 aromatic carbocycles. The summed E-state index contributed by atoms with van der Waals surface area (Å²) in [6.07, 6.45) is 0. The molecule has 4 rings (SSSR count). The van der Waals surface area contributed by atoms with E-state index in [1.165, 1.54) is 0 Å². The van der Waals surface area contributed by atoms with E-state index in [-0.39, 0.29) is 23.8 Å². The van der Waals surface area contributed by atoms with E-state index < -0.39 is 5.92 Å². The fourth-order valence-electron chi connectivity index (χ4n) is 4.14. The Bertz CT molecular complexity index is 1060. The number of methoxy groups -OCH3 is 1. The quantitative estimate of drug-likeness (QED) is 0.570. The highest BCUT2D eigenvalue weighted by Crippen LogP contribution is 2.45. The van der Waals surface area contributed by atoms with Crippen molar-refractivity contribution < 1.29 is 14.3 Å². The Labute approximate surface area is 186 Å². The first-order chi connectivity index (χ1) is 15.0. The summed E-state index contributed by atoms with van der Waals surface area (Å²) in [5.74, 6) is 0.357. The first kappa shape index (κ1) is 21.1. The molecule has 0 aliphatic carbocycles. The summed E-state index contributed by atoms with van der Waals surface area (Å²) < 4.78 is 5.21. The van der Waals surface area contributed by atoms with Crippen molar-refractivity contribution in [1.82, 2.24) is 4.90 Å². The zero-order chi connectivity index (χ0) is 22.0. The summed E-state index contributed by atoms with van der Waals surface area (Å²) in [6, 6.07) is 18.4. The van der Waals surface area contributed by atoms with Gasteiger partial charge in [-0.3, -0.25) is 9.59 Å². The van der Waals surface area contributed by atoms with E-state index in [4.69, 9.17) is 4.74 Å². The number of nitrogens with zero attached hydrogens (tertiary/aromatic N) is 1. The van der Waals surface area contributed by atoms with Crippen LogP contribution >= 0.6 is 11.3 Å². The molecule has 1 aliphatic heterocycles. The van der Waals surface area contributed by atoms with Gasteiger partial charge in [-0.25, -0.2) is 0 Å². The number of amides is 2. The normalized spacial score (nSPS) is 18.1. The molecule has 160 valence electrons. The molecule has 1 aromatic heterocycles. The Morgan fingerprint density at radius 3 is 2.48 bits per heavy atom. The van der Waals surface area contributed by atoms with Crippen LogP contribution in [0.5, 0.6) is 5.75 Å². The van der Waals surface area contributed by atoms with E-state index >= 15 is 0 Å². The maximum Gasteiger partial charge on any atom is 0.254 e. The van der Waals surface area contributed by atoms with E-state index in [1.807, 2.05) is 70.9 Å². The van der Waals surface area contributed by atoms with Gasteiger partial charge in [-0.05, 0) is 53.3 Å². The SMILES string of the molecule is COc1ccc(NC(=O)[C@@H]2c3ccccc3C(=O)N(CC(C)C)[C@H]2c2cccs2)cc1. The zero-order valence-electron chi connectivity index (χ0n) is 17.9. The van der Waals surface area contributed by atoms with Gasteiger partial charge in [0.15, 0.2) is 0 Å². The molecule has 1 N–H and O–H groups in total. The molecule has 2 amide bonds. The lowest BCUT2D eigenvalue weighted by molar-refractivity contribution is -0.119. The number of rotatable bonds is 6. The highest BCUT2D eigenvalue weighted by atomic mass is 32.1. The summed E-state index contributed by atoms with van der Waals surface area (Å²) >= 11 is 1.58. The maximum atomic E-state index is 13.7. The maximum absolute atomic E-state index is 13.7. The summed E-state index contributed by atoms with van der Waals surface area (Å²) in [5.41, 5.74) is 2.07. The van der Waals surface area contributed by atoms with Crippen LogP contribution in [0.4, 0.5) is 5.69 Å². The predicted octanol–water partition coefficient (Wildman–Crippen LogP) is 5.33. The lowest BCUT2D eigenvalue weighted by atomic mass is 9.81. The van der Waals surface area contributed by atoms with Crippen LogP contribution in [0.1, 0.15) is 46.6 Å². The summed E-state index contributed by atoms with van der Waals surface area (Å²) in [5, 5.41) is 5.05. The minimum atomic E-state index is -0.506. The highest BCUT2D eigenvalue weighted by molar-refractivity contribution is 7.10. The van der Waals surface area contributed by atoms with Gasteiger partial charge in [-0.1, -0.05) is 38.1 Å². The molecule has 0 spiro atoms. The average Bonchev–Trinajstić information content (AvgIpc) is 3.30. The fraction of sp³-hybridized carbons (Fsp3) is 0.280. The number of carbonyl (C=O) groups excluding carboxylic acids is 2. The van der Waals surface area contributed by atoms with E-state index in [0.717, 1.165) is 16.2 Å². The number of nitrogens with one attached hydrogen (secondary N) is 1. The smallest absolute Gasteiger partial charge is 0.254 e. The van der Waals surface area contributed by atoms with Crippen molar-refractivity contribution in [2.45, 2.75) is 25.8 Å². The molecule has 2 atom stereocenters. The lowest BCUT2D eigenvalue weighted by Gasteiger charge is -2.42. The van der Waals surface area contributed by atoms with Crippen LogP contribution in [0, 0.1) is 5.92 Å². The van der Waals surface area contributed by atoms with Crippen molar-refractivity contribution in [3.63, 3.8) is 0 Å². The minimum Gasteiger partial charge on any atom is -0.497 e. The topological polar surface area (TPSA) is 58.6 Å². The summed E-state index contributed by atoms with van der Waals surface area (Å²) in [6.45, 7) is 4.76. The summed E-state index contributed by atoms with van der Waals surface area (Å²) in [7, 11) is 1.61. The largest absolute Gasteiger partial charge is 0.497 e. The fourth-order valence-corrected chi connectivity index (χ4v) is 5.01. The number of hydrogen-bond donors (Lipinski definition) is 1. The van der Waals surface area contributed by atoms with Gasteiger partial charge in [0.25, 0.3) is 5.91 Å². The van der Waals surface area contributed by atoms with Crippen LogP contribution in [-0.2, 0) is 4.79 Å². The molecule has 3 aromatic rings. The summed E-state index contributed by atoms with van der Waals surface area (Å²) in [4.78, 5) is 30.0. The Kier molecular flexibility index (Phi) is 6.09. The number of fused-ring (bicyclic) bond motifs is 1. The number of carbonyl (C=O) groups is 2. The van der Waals surface area contributed by atoms with Crippen LogP contribution in [0.3, 0.4) is 0 Å². The second kappa shape index (κ2) is 8.94. The van der Waals surface area contributed by atoms with Crippen LogP contribution in [-0.4, -0.2) is 30.4 Å². The van der Waals surface area contributed by atoms with E-state index in [1.54, 1.807) is 18.4 Å². The molecule has 1 aliphatic rings. The monoisotopic (exact) mass is 434 g/mol. The van der Waals surface area contributed by atoms with Gasteiger partial charge in [-0.15, -0.1) is 11.3 Å². The van der Waals surface area contributed by atoms with Gasteiger partial charge >= 0.3 is 0 Å². The predicted molar refractivity (Wildman–Crippen MR) is 124 cm³/mol. The van der Waals surface area contributed by atoms with Gasteiger partial charge in [-0.2, -0.15) is 0 Å². The molecule has 0 fully saturated rings. The second-order valence-corrected chi connectivity index (χ2v) is 9.07. The zero-order valence-corrected chi connectivity index (χ0v) is 18.7. The van der Waals surface area contributed by atoms with Crippen LogP contribution in [0.15, 0.2) is 66.0 Å². The second-order valence-electron chi connectivity index (χ2n) is 8.09. The van der Waals surface area contributed by atoms with Crippen molar-refractivity contribution in [1.29, 1.82) is 0 Å². The Morgan fingerprint density at radius 2 is 1.84 bits per heavy atom. The number of ether oxygens (including phenoxy) is 1. The third kappa shape index (κ3) is 4.21. The van der Waals surface area contributed by atoms with Crippen LogP contribution in [0.25, 0.3) is 0 Å². The van der Waals surface area contributed by atoms with Gasteiger partial charge in [0.2, 0.25) is 5.91 Å². The van der Waals surface area contributed by atoms with Gasteiger partial charge < -0.3 is 15.0 Å². The number of hydrogen-bond acceptors (Lipinski definition) is 4. The van der Waals surface area contributed by atoms with E-state index in [9.17, 15) is 9.59 Å². The van der Waals surface area contributed by atoms with Gasteiger partial charge in [0.1, 0.15) is 5.75 Å². The van der Waals surface area contributed by atoms with Crippen molar-refractivity contribution in [2.75, 3.05) is 19.0 Å². The molecule has 31 heavy (non-hydrogen) atoms. The highest BCUT2D eigenvalue weighted by Gasteiger charge is 2.44. The number of thiophene rings is 1. The van der Waals surface area contributed by atoms with Crippen molar-refractivity contribution >= 4 is 28.8 Å². The molecule has 2 heterocycles. The van der Waals surface area contributed by atoms with Gasteiger partial charge in [0.05, 0.1) is 19.1 Å². The molecule has 0 unspecified atom stereocenters. The first-order valence-electron chi connectivity index (χ1n) is 10.4. The van der Waals surface area contributed by atoms with Crippen LogP contribution in [0.2, 0.25) is 0 Å². The number of anilines is 1. The van der Waals surface area contributed by atoms with Crippen molar-refractivity contribution in [3.05, 3.63) is 82.0 Å². The number of benzene rings is 2. The molecule has 6 heteroatoms. The standard InChI is InChI=1S/C25H26N2O3S/c1-16(2)15-27-23(21-9-6-14-31-21)22(19-7-4-5-8-20(19)25(27)29)24(28)26-17-10-12-18(30-3)13-11-17/h4-14,16,22-23H,15H2,1-3H3,(H,26,28)/t22-,23+/m1/s1. The average molecular weight is 435 g/mol. The molecular formula is C25H26N2O3S. The first-order valence-corrected chi connectivity index (χ1v) is 11.3. The van der Waals surface area contributed by atoms with Crippen molar-refractivity contribution in [2.24, 2.45) is 5.92 Å². The Hall–Kier alpha value is -3.12. The van der Waals surface area contributed by atoms with E-state index in [2.05, 4.69) is 19.2 Å². The molecule has 0 bridgehead atoms.